The van der Waals surface area contributed by atoms with Gasteiger partial charge in [0.2, 0.25) is 0 Å². The standard InChI is InChI=1S/C9H15N/c1-8-7-10(8)9-5-3-2-4-6-9/h9H,1-7H2. The Kier molecular flexibility index (Phi) is 1.44. The highest BCUT2D eigenvalue weighted by Crippen LogP contribution is 2.32. The van der Waals surface area contributed by atoms with Crippen molar-refractivity contribution < 1.29 is 0 Å². The van der Waals surface area contributed by atoms with E-state index in [1.807, 2.05) is 0 Å². The average molecular weight is 137 g/mol. The fourth-order valence-electron chi connectivity index (χ4n) is 1.94. The fourth-order valence-corrected chi connectivity index (χ4v) is 1.94. The summed E-state index contributed by atoms with van der Waals surface area (Å²) in [6.07, 6.45) is 7.16. The Hall–Kier alpha value is -0.460. The first kappa shape index (κ1) is 6.26. The molecule has 0 aromatic carbocycles. The van der Waals surface area contributed by atoms with Crippen molar-refractivity contribution in [3.8, 4) is 0 Å². The summed E-state index contributed by atoms with van der Waals surface area (Å²) in [5.41, 5.74) is 1.37. The minimum atomic E-state index is 0.876. The zero-order valence-corrected chi connectivity index (χ0v) is 6.47. The minimum Gasteiger partial charge on any atom is -0.365 e. The van der Waals surface area contributed by atoms with E-state index in [0.29, 0.717) is 0 Å². The van der Waals surface area contributed by atoms with E-state index in [9.17, 15) is 0 Å². The van der Waals surface area contributed by atoms with Gasteiger partial charge in [0.1, 0.15) is 0 Å². The van der Waals surface area contributed by atoms with Gasteiger partial charge in [-0.3, -0.25) is 0 Å². The monoisotopic (exact) mass is 137 g/mol. The summed E-state index contributed by atoms with van der Waals surface area (Å²) in [6.45, 7) is 5.13. The lowest BCUT2D eigenvalue weighted by atomic mass is 9.95. The Morgan fingerprint density at radius 2 is 1.80 bits per heavy atom. The van der Waals surface area contributed by atoms with Gasteiger partial charge < -0.3 is 4.90 Å². The van der Waals surface area contributed by atoms with E-state index in [-0.39, 0.29) is 0 Å². The predicted octanol–water partition coefficient (Wildman–Crippen LogP) is 2.15. The molecule has 1 saturated carbocycles. The number of rotatable bonds is 1. The Labute approximate surface area is 62.7 Å². The summed E-state index contributed by atoms with van der Waals surface area (Å²) in [7, 11) is 0. The van der Waals surface area contributed by atoms with Crippen molar-refractivity contribution in [2.75, 3.05) is 6.54 Å². The van der Waals surface area contributed by atoms with E-state index in [1.54, 1.807) is 0 Å². The van der Waals surface area contributed by atoms with Crippen molar-refractivity contribution in [2.45, 2.75) is 38.1 Å². The van der Waals surface area contributed by atoms with Gasteiger partial charge in [-0.2, -0.15) is 0 Å². The molecule has 0 unspecified atom stereocenters. The van der Waals surface area contributed by atoms with Crippen LogP contribution in [0.25, 0.3) is 0 Å². The highest BCUT2D eigenvalue weighted by molar-refractivity contribution is 5.15. The van der Waals surface area contributed by atoms with Crippen molar-refractivity contribution in [3.05, 3.63) is 12.3 Å². The van der Waals surface area contributed by atoms with Crippen LogP contribution >= 0.6 is 0 Å². The fraction of sp³-hybridized carbons (Fsp3) is 0.778. The third kappa shape index (κ3) is 1.05. The third-order valence-electron chi connectivity index (χ3n) is 2.67. The van der Waals surface area contributed by atoms with Crippen LogP contribution in [0.3, 0.4) is 0 Å². The molecule has 0 N–H and O–H groups in total. The lowest BCUT2D eigenvalue weighted by Crippen LogP contribution is -2.20. The molecule has 2 fully saturated rings. The summed E-state index contributed by atoms with van der Waals surface area (Å²) >= 11 is 0. The molecule has 0 bridgehead atoms. The number of nitrogens with zero attached hydrogens (tertiary/aromatic N) is 1. The summed E-state index contributed by atoms with van der Waals surface area (Å²) in [4.78, 5) is 2.46. The van der Waals surface area contributed by atoms with Gasteiger partial charge in [0.05, 0.1) is 6.54 Å². The summed E-state index contributed by atoms with van der Waals surface area (Å²) in [6, 6.07) is 0.876. The molecule has 10 heavy (non-hydrogen) atoms. The molecule has 1 nitrogen and oxygen atoms in total. The van der Waals surface area contributed by atoms with Crippen LogP contribution in [-0.2, 0) is 0 Å². The molecule has 0 radical (unpaired) electrons. The second kappa shape index (κ2) is 2.30. The third-order valence-corrected chi connectivity index (χ3v) is 2.67. The van der Waals surface area contributed by atoms with Crippen LogP contribution in [0, 0.1) is 0 Å². The molecule has 1 aliphatic heterocycles. The van der Waals surface area contributed by atoms with E-state index in [1.165, 1.54) is 44.3 Å². The molecule has 1 heterocycles. The van der Waals surface area contributed by atoms with Gasteiger partial charge in [-0.15, -0.1) is 0 Å². The largest absolute Gasteiger partial charge is 0.365 e. The van der Waals surface area contributed by atoms with Crippen LogP contribution in [-0.4, -0.2) is 17.5 Å². The van der Waals surface area contributed by atoms with Crippen LogP contribution in [0.15, 0.2) is 12.3 Å². The molecular formula is C9H15N. The second-order valence-corrected chi connectivity index (χ2v) is 3.49. The molecule has 2 aliphatic rings. The average Bonchev–Trinajstić information content (AvgIpc) is 2.69. The van der Waals surface area contributed by atoms with Gasteiger partial charge in [0, 0.05) is 11.7 Å². The molecule has 1 aliphatic carbocycles. The van der Waals surface area contributed by atoms with Crippen molar-refractivity contribution in [1.82, 2.24) is 4.90 Å². The highest BCUT2D eigenvalue weighted by atomic mass is 15.3. The first-order valence-corrected chi connectivity index (χ1v) is 4.32. The summed E-state index contributed by atoms with van der Waals surface area (Å²) in [5.74, 6) is 0. The molecule has 0 spiro atoms. The van der Waals surface area contributed by atoms with Gasteiger partial charge in [-0.25, -0.2) is 0 Å². The summed E-state index contributed by atoms with van der Waals surface area (Å²) in [5, 5.41) is 0. The van der Waals surface area contributed by atoms with Gasteiger partial charge in [0.25, 0.3) is 0 Å². The maximum atomic E-state index is 3.95. The highest BCUT2D eigenvalue weighted by Gasteiger charge is 2.31. The second-order valence-electron chi connectivity index (χ2n) is 3.49. The first-order valence-electron chi connectivity index (χ1n) is 4.32. The topological polar surface area (TPSA) is 3.01 Å². The molecular weight excluding hydrogens is 122 g/mol. The maximum Gasteiger partial charge on any atom is 0.0573 e. The van der Waals surface area contributed by atoms with Gasteiger partial charge in [-0.05, 0) is 12.8 Å². The van der Waals surface area contributed by atoms with Crippen molar-refractivity contribution in [2.24, 2.45) is 0 Å². The first-order chi connectivity index (χ1) is 4.88. The zero-order chi connectivity index (χ0) is 6.97. The molecule has 1 heteroatoms. The van der Waals surface area contributed by atoms with E-state index in [0.717, 1.165) is 6.04 Å². The lowest BCUT2D eigenvalue weighted by Gasteiger charge is -2.22. The molecule has 0 aromatic heterocycles. The van der Waals surface area contributed by atoms with Gasteiger partial charge in [0.15, 0.2) is 0 Å². The van der Waals surface area contributed by atoms with E-state index >= 15 is 0 Å². The number of hydrogen-bond acceptors (Lipinski definition) is 1. The zero-order valence-electron chi connectivity index (χ0n) is 6.47. The van der Waals surface area contributed by atoms with Crippen LogP contribution in [0.1, 0.15) is 32.1 Å². The van der Waals surface area contributed by atoms with E-state index in [2.05, 4.69) is 11.5 Å². The lowest BCUT2D eigenvalue weighted by molar-refractivity contribution is 0.309. The molecule has 1 saturated heterocycles. The van der Waals surface area contributed by atoms with Gasteiger partial charge >= 0.3 is 0 Å². The quantitative estimate of drug-likeness (QED) is 0.500. The van der Waals surface area contributed by atoms with Gasteiger partial charge in [-0.1, -0.05) is 25.8 Å². The van der Waals surface area contributed by atoms with E-state index < -0.39 is 0 Å². The normalized spacial score (nSPS) is 27.2. The molecule has 0 aromatic rings. The smallest absolute Gasteiger partial charge is 0.0573 e. The maximum absolute atomic E-state index is 3.95. The van der Waals surface area contributed by atoms with Crippen LogP contribution in [0.4, 0.5) is 0 Å². The van der Waals surface area contributed by atoms with E-state index in [4.69, 9.17) is 0 Å². The Morgan fingerprint density at radius 1 is 1.20 bits per heavy atom. The SMILES string of the molecule is C=C1CN1C1CCCCC1. The van der Waals surface area contributed by atoms with Crippen molar-refractivity contribution in [3.63, 3.8) is 0 Å². The van der Waals surface area contributed by atoms with Crippen molar-refractivity contribution >= 4 is 0 Å². The molecule has 0 amide bonds. The Balaban J connectivity index is 1.86. The van der Waals surface area contributed by atoms with Crippen LogP contribution in [0.5, 0.6) is 0 Å². The van der Waals surface area contributed by atoms with Crippen LogP contribution in [0.2, 0.25) is 0 Å². The number of hydrogen-bond donors (Lipinski definition) is 0. The van der Waals surface area contributed by atoms with Crippen molar-refractivity contribution in [1.29, 1.82) is 0 Å². The summed E-state index contributed by atoms with van der Waals surface area (Å²) < 4.78 is 0. The van der Waals surface area contributed by atoms with Crippen LogP contribution < -0.4 is 0 Å². The Bertz CT molecular complexity index is 145. The molecule has 0 atom stereocenters. The minimum absolute atomic E-state index is 0.876. The molecule has 2 rings (SSSR count). The molecule has 56 valence electrons. The Morgan fingerprint density at radius 3 is 2.30 bits per heavy atom. The predicted molar refractivity (Wildman–Crippen MR) is 42.7 cm³/mol.